The fourth-order valence-corrected chi connectivity index (χ4v) is 6.05. The minimum absolute atomic E-state index is 1.21. The molecule has 0 aromatic rings. The lowest BCUT2D eigenvalue weighted by atomic mass is 10.0. The molecular formula is C37H79N2+. The highest BCUT2D eigenvalue weighted by atomic mass is 15.3. The van der Waals surface area contributed by atoms with Crippen molar-refractivity contribution in [2.24, 2.45) is 0 Å². The van der Waals surface area contributed by atoms with Crippen LogP contribution in [0.4, 0.5) is 0 Å². The zero-order valence-electron chi connectivity index (χ0n) is 28.3. The van der Waals surface area contributed by atoms with E-state index in [1.54, 1.807) is 0 Å². The first-order valence-corrected chi connectivity index (χ1v) is 18.6. The number of quaternary nitrogens is 1. The molecule has 0 aliphatic carbocycles. The van der Waals surface area contributed by atoms with Crippen LogP contribution in [0.2, 0.25) is 0 Å². The molecule has 0 aromatic heterocycles. The van der Waals surface area contributed by atoms with E-state index in [1.807, 2.05) is 0 Å². The summed E-state index contributed by atoms with van der Waals surface area (Å²) in [6.07, 6.45) is 42.0. The second-order valence-electron chi connectivity index (χ2n) is 13.7. The van der Waals surface area contributed by atoms with Crippen LogP contribution < -0.4 is 5.32 Å². The molecule has 0 amide bonds. The van der Waals surface area contributed by atoms with Crippen LogP contribution in [0.5, 0.6) is 0 Å². The molecule has 0 radical (unpaired) electrons. The molecule has 1 N–H and O–H groups in total. The Morgan fingerprint density at radius 3 is 0.923 bits per heavy atom. The highest BCUT2D eigenvalue weighted by Gasteiger charge is 2.13. The van der Waals surface area contributed by atoms with E-state index in [1.165, 1.54) is 217 Å². The molecule has 0 saturated heterocycles. The average Bonchev–Trinajstić information content (AvgIpc) is 2.92. The Morgan fingerprint density at radius 2 is 0.564 bits per heavy atom. The maximum atomic E-state index is 3.71. The van der Waals surface area contributed by atoms with E-state index in [2.05, 4.69) is 33.3 Å². The van der Waals surface area contributed by atoms with Crippen molar-refractivity contribution in [1.29, 1.82) is 0 Å². The topological polar surface area (TPSA) is 12.0 Å². The largest absolute Gasteiger partial charge is 0.328 e. The Kier molecular flexibility index (Phi) is 32.4. The van der Waals surface area contributed by atoms with E-state index in [0.29, 0.717) is 0 Å². The van der Waals surface area contributed by atoms with Gasteiger partial charge in [-0.25, -0.2) is 0 Å². The van der Waals surface area contributed by atoms with Crippen LogP contribution in [0.3, 0.4) is 0 Å². The van der Waals surface area contributed by atoms with E-state index in [4.69, 9.17) is 0 Å². The summed E-state index contributed by atoms with van der Waals surface area (Å²) in [5.41, 5.74) is 0. The molecule has 0 rings (SSSR count). The smallest absolute Gasteiger partial charge is 0.0794 e. The van der Waals surface area contributed by atoms with Crippen LogP contribution in [-0.2, 0) is 0 Å². The van der Waals surface area contributed by atoms with Crippen molar-refractivity contribution in [3.63, 3.8) is 0 Å². The molecule has 0 saturated carbocycles. The van der Waals surface area contributed by atoms with Gasteiger partial charge in [0.15, 0.2) is 0 Å². The van der Waals surface area contributed by atoms with Crippen molar-refractivity contribution < 1.29 is 4.48 Å². The Hall–Kier alpha value is -0.0800. The lowest BCUT2D eigenvalue weighted by Crippen LogP contribution is -2.42. The predicted molar refractivity (Wildman–Crippen MR) is 180 cm³/mol. The standard InChI is InChI=1S/C37H79N2/c1-5-7-9-11-13-15-17-19-20-21-22-23-25-27-29-31-34-38-35-33-37-39(3,4)36-32-30-28-26-24-18-16-14-12-10-8-6-2/h38H,5-37H2,1-4H3/q+1. The molecule has 0 aromatic carbocycles. The number of unbranched alkanes of at least 4 members (excludes halogenated alkanes) is 26. The summed E-state index contributed by atoms with van der Waals surface area (Å²) >= 11 is 0. The van der Waals surface area contributed by atoms with Gasteiger partial charge in [-0.2, -0.15) is 0 Å². The van der Waals surface area contributed by atoms with E-state index < -0.39 is 0 Å². The van der Waals surface area contributed by atoms with Gasteiger partial charge >= 0.3 is 0 Å². The second-order valence-corrected chi connectivity index (χ2v) is 13.7. The fraction of sp³-hybridized carbons (Fsp3) is 1.00. The van der Waals surface area contributed by atoms with Gasteiger partial charge in [0.05, 0.1) is 27.2 Å². The highest BCUT2D eigenvalue weighted by Crippen LogP contribution is 2.14. The summed E-state index contributed by atoms with van der Waals surface area (Å²) in [4.78, 5) is 0. The molecule has 0 bridgehead atoms. The van der Waals surface area contributed by atoms with E-state index in [0.717, 1.165) is 0 Å². The van der Waals surface area contributed by atoms with Crippen molar-refractivity contribution >= 4 is 0 Å². The molecule has 0 heterocycles. The maximum Gasteiger partial charge on any atom is 0.0794 e. The van der Waals surface area contributed by atoms with Crippen LogP contribution >= 0.6 is 0 Å². The van der Waals surface area contributed by atoms with Crippen molar-refractivity contribution in [1.82, 2.24) is 5.32 Å². The van der Waals surface area contributed by atoms with Crippen LogP contribution in [-0.4, -0.2) is 44.8 Å². The first-order chi connectivity index (χ1) is 19.1. The average molecular weight is 552 g/mol. The zero-order chi connectivity index (χ0) is 28.5. The second kappa shape index (κ2) is 32.4. The summed E-state index contributed by atoms with van der Waals surface area (Å²) in [6, 6.07) is 0. The number of nitrogens with one attached hydrogen (secondary N) is 1. The molecule has 2 heteroatoms. The number of hydrogen-bond acceptors (Lipinski definition) is 1. The van der Waals surface area contributed by atoms with Crippen molar-refractivity contribution in [2.45, 2.75) is 200 Å². The van der Waals surface area contributed by atoms with Gasteiger partial charge in [-0.3, -0.25) is 0 Å². The molecule has 0 spiro atoms. The quantitative estimate of drug-likeness (QED) is 0.0619. The molecule has 0 atom stereocenters. The van der Waals surface area contributed by atoms with Gasteiger partial charge in [-0.05, 0) is 25.8 Å². The van der Waals surface area contributed by atoms with E-state index >= 15 is 0 Å². The SMILES string of the molecule is CCCCCCCCCCCCCCCCCCNCCC[N+](C)(C)CCCCCCCCCCCCCC. The number of hydrogen-bond donors (Lipinski definition) is 1. The maximum absolute atomic E-state index is 3.71. The molecule has 2 nitrogen and oxygen atoms in total. The molecular weight excluding hydrogens is 472 g/mol. The monoisotopic (exact) mass is 552 g/mol. The summed E-state index contributed by atoms with van der Waals surface area (Å²) in [5, 5.41) is 3.71. The van der Waals surface area contributed by atoms with Gasteiger partial charge < -0.3 is 9.80 Å². The minimum atomic E-state index is 1.21. The molecule has 236 valence electrons. The normalized spacial score (nSPS) is 12.0. The third kappa shape index (κ3) is 34.0. The lowest BCUT2D eigenvalue weighted by molar-refractivity contribution is -0.890. The summed E-state index contributed by atoms with van der Waals surface area (Å²) in [6.45, 7) is 9.73. The lowest BCUT2D eigenvalue weighted by Gasteiger charge is -2.30. The summed E-state index contributed by atoms with van der Waals surface area (Å²) in [7, 11) is 4.88. The minimum Gasteiger partial charge on any atom is -0.328 e. The Balaban J connectivity index is 3.25. The van der Waals surface area contributed by atoms with Gasteiger partial charge in [-0.15, -0.1) is 0 Å². The van der Waals surface area contributed by atoms with E-state index in [-0.39, 0.29) is 0 Å². The van der Waals surface area contributed by atoms with E-state index in [9.17, 15) is 0 Å². The Bertz CT molecular complexity index is 433. The summed E-state index contributed by atoms with van der Waals surface area (Å²) < 4.78 is 1.21. The van der Waals surface area contributed by atoms with Crippen LogP contribution in [0.25, 0.3) is 0 Å². The Labute approximate surface area is 249 Å². The van der Waals surface area contributed by atoms with Gasteiger partial charge in [0.25, 0.3) is 0 Å². The molecule has 39 heavy (non-hydrogen) atoms. The first kappa shape index (κ1) is 38.9. The molecule has 0 unspecified atom stereocenters. The highest BCUT2D eigenvalue weighted by molar-refractivity contribution is 4.53. The molecule has 0 fully saturated rings. The van der Waals surface area contributed by atoms with Gasteiger partial charge in [0.1, 0.15) is 0 Å². The molecule has 0 aliphatic heterocycles. The first-order valence-electron chi connectivity index (χ1n) is 18.6. The summed E-state index contributed by atoms with van der Waals surface area (Å²) in [5.74, 6) is 0. The Morgan fingerprint density at radius 1 is 0.308 bits per heavy atom. The molecule has 0 aliphatic rings. The van der Waals surface area contributed by atoms with Crippen LogP contribution in [0.15, 0.2) is 0 Å². The van der Waals surface area contributed by atoms with Gasteiger partial charge in [0.2, 0.25) is 0 Å². The number of rotatable bonds is 34. The van der Waals surface area contributed by atoms with Gasteiger partial charge in [-0.1, -0.05) is 174 Å². The zero-order valence-corrected chi connectivity index (χ0v) is 28.3. The van der Waals surface area contributed by atoms with Crippen molar-refractivity contribution in [3.8, 4) is 0 Å². The van der Waals surface area contributed by atoms with Crippen LogP contribution in [0, 0.1) is 0 Å². The van der Waals surface area contributed by atoms with Crippen molar-refractivity contribution in [2.75, 3.05) is 40.3 Å². The third-order valence-corrected chi connectivity index (χ3v) is 8.94. The van der Waals surface area contributed by atoms with Crippen LogP contribution in [0.1, 0.15) is 200 Å². The number of nitrogens with zero attached hydrogens (tertiary/aromatic N) is 1. The third-order valence-electron chi connectivity index (χ3n) is 8.94. The van der Waals surface area contributed by atoms with Crippen molar-refractivity contribution in [3.05, 3.63) is 0 Å². The fourth-order valence-electron chi connectivity index (χ4n) is 6.05. The van der Waals surface area contributed by atoms with Gasteiger partial charge in [0, 0.05) is 13.0 Å². The predicted octanol–water partition coefficient (Wildman–Crippen LogP) is 12.0.